The number of carbonyl (C=O) groups excluding carboxylic acids is 1. The molecule has 4 heteroatoms. The highest BCUT2D eigenvalue weighted by molar-refractivity contribution is 5.76. The summed E-state index contributed by atoms with van der Waals surface area (Å²) >= 11 is 0. The summed E-state index contributed by atoms with van der Waals surface area (Å²) in [7, 11) is 1.67. The topological polar surface area (TPSA) is 40.5 Å². The Balaban J connectivity index is 2.43. The lowest BCUT2D eigenvalue weighted by Crippen LogP contribution is -2.39. The molecule has 0 radical (unpaired) electrons. The molecule has 0 aliphatic heterocycles. The highest BCUT2D eigenvalue weighted by Gasteiger charge is 2.18. The smallest absolute Gasteiger partial charge is 0.222 e. The van der Waals surface area contributed by atoms with Gasteiger partial charge < -0.3 is 10.0 Å². The van der Waals surface area contributed by atoms with Crippen LogP contribution in [0, 0.1) is 5.82 Å². The Morgan fingerprint density at radius 2 is 1.89 bits per heavy atom. The van der Waals surface area contributed by atoms with Gasteiger partial charge in [0.1, 0.15) is 5.82 Å². The van der Waals surface area contributed by atoms with Gasteiger partial charge >= 0.3 is 0 Å². The van der Waals surface area contributed by atoms with Crippen molar-refractivity contribution < 1.29 is 14.3 Å². The third kappa shape index (κ3) is 5.27. The summed E-state index contributed by atoms with van der Waals surface area (Å²) in [6.07, 6.45) is 0.938. The number of carbonyl (C=O) groups is 1. The van der Waals surface area contributed by atoms with E-state index in [1.807, 2.05) is 0 Å². The lowest BCUT2D eigenvalue weighted by atomic mass is 10.1. The van der Waals surface area contributed by atoms with Gasteiger partial charge in [0.25, 0.3) is 0 Å². The van der Waals surface area contributed by atoms with Gasteiger partial charge in [0.05, 0.1) is 5.60 Å². The van der Waals surface area contributed by atoms with Gasteiger partial charge in [-0.3, -0.25) is 4.79 Å². The Morgan fingerprint density at radius 1 is 1.33 bits per heavy atom. The van der Waals surface area contributed by atoms with E-state index in [4.69, 9.17) is 0 Å². The van der Waals surface area contributed by atoms with E-state index in [0.717, 1.165) is 5.56 Å². The molecule has 100 valence electrons. The standard InChI is InChI=1S/C14H20FNO2/c1-14(2,18)10-16(3)13(17)9-6-11-4-7-12(15)8-5-11/h4-5,7-8,18H,6,9-10H2,1-3H3. The predicted molar refractivity (Wildman–Crippen MR) is 68.7 cm³/mol. The Kier molecular flexibility index (Phi) is 4.84. The first-order valence-corrected chi connectivity index (χ1v) is 5.99. The number of nitrogens with zero attached hydrogens (tertiary/aromatic N) is 1. The summed E-state index contributed by atoms with van der Waals surface area (Å²) in [5.41, 5.74) is 0.0433. The van der Waals surface area contributed by atoms with Crippen LogP contribution in [0.15, 0.2) is 24.3 Å². The van der Waals surface area contributed by atoms with Gasteiger partial charge in [0, 0.05) is 20.0 Å². The molecule has 0 spiro atoms. The number of aryl methyl sites for hydroxylation is 1. The molecule has 0 unspecified atom stereocenters. The molecule has 0 atom stereocenters. The van der Waals surface area contributed by atoms with E-state index in [1.165, 1.54) is 17.0 Å². The van der Waals surface area contributed by atoms with Crippen molar-refractivity contribution in [3.05, 3.63) is 35.6 Å². The molecule has 1 aromatic rings. The van der Waals surface area contributed by atoms with Gasteiger partial charge in [0.2, 0.25) is 5.91 Å². The number of hydrogen-bond acceptors (Lipinski definition) is 2. The predicted octanol–water partition coefficient (Wildman–Crippen LogP) is 1.99. The summed E-state index contributed by atoms with van der Waals surface area (Å²) in [6, 6.07) is 6.14. The minimum Gasteiger partial charge on any atom is -0.389 e. The second kappa shape index (κ2) is 5.96. The van der Waals surface area contributed by atoms with Crippen molar-refractivity contribution in [3.8, 4) is 0 Å². The van der Waals surface area contributed by atoms with Crippen LogP contribution in [-0.2, 0) is 11.2 Å². The zero-order valence-corrected chi connectivity index (χ0v) is 11.1. The maximum atomic E-state index is 12.7. The fourth-order valence-corrected chi connectivity index (χ4v) is 1.76. The molecule has 0 saturated heterocycles. The van der Waals surface area contributed by atoms with Crippen molar-refractivity contribution in [2.75, 3.05) is 13.6 Å². The fourth-order valence-electron chi connectivity index (χ4n) is 1.76. The molecule has 3 nitrogen and oxygen atoms in total. The van der Waals surface area contributed by atoms with Crippen molar-refractivity contribution >= 4 is 5.91 Å². The molecule has 1 rings (SSSR count). The first-order chi connectivity index (χ1) is 8.28. The first-order valence-electron chi connectivity index (χ1n) is 5.99. The van der Waals surface area contributed by atoms with E-state index < -0.39 is 5.60 Å². The third-order valence-corrected chi connectivity index (χ3v) is 2.59. The minimum absolute atomic E-state index is 0.0264. The maximum absolute atomic E-state index is 12.7. The van der Waals surface area contributed by atoms with Crippen LogP contribution in [0.3, 0.4) is 0 Å². The van der Waals surface area contributed by atoms with Crippen molar-refractivity contribution in [1.29, 1.82) is 0 Å². The SMILES string of the molecule is CN(CC(C)(C)O)C(=O)CCc1ccc(F)cc1. The molecule has 0 aromatic heterocycles. The average molecular weight is 253 g/mol. The Bertz CT molecular complexity index is 395. The number of likely N-dealkylation sites (N-methyl/N-ethyl adjacent to an activating group) is 1. The number of halogens is 1. The van der Waals surface area contributed by atoms with Gasteiger partial charge in [-0.25, -0.2) is 4.39 Å². The van der Waals surface area contributed by atoms with Crippen LogP contribution in [0.5, 0.6) is 0 Å². The Morgan fingerprint density at radius 3 is 2.39 bits per heavy atom. The zero-order chi connectivity index (χ0) is 13.8. The van der Waals surface area contributed by atoms with Crippen LogP contribution in [0.4, 0.5) is 4.39 Å². The molecule has 0 fully saturated rings. The van der Waals surface area contributed by atoms with Crippen LogP contribution >= 0.6 is 0 Å². The molecular weight excluding hydrogens is 233 g/mol. The fraction of sp³-hybridized carbons (Fsp3) is 0.500. The van der Waals surface area contributed by atoms with Crippen LogP contribution < -0.4 is 0 Å². The average Bonchev–Trinajstić information content (AvgIpc) is 2.25. The zero-order valence-electron chi connectivity index (χ0n) is 11.1. The number of benzene rings is 1. The van der Waals surface area contributed by atoms with Crippen molar-refractivity contribution in [2.45, 2.75) is 32.3 Å². The summed E-state index contributed by atoms with van der Waals surface area (Å²) in [4.78, 5) is 13.3. The molecule has 0 aliphatic carbocycles. The number of aliphatic hydroxyl groups is 1. The second-order valence-electron chi connectivity index (χ2n) is 5.19. The summed E-state index contributed by atoms with van der Waals surface area (Å²) < 4.78 is 12.7. The number of amides is 1. The molecule has 1 amide bonds. The second-order valence-corrected chi connectivity index (χ2v) is 5.19. The first kappa shape index (κ1) is 14.6. The summed E-state index contributed by atoms with van der Waals surface area (Å²) in [5, 5.41) is 9.62. The highest BCUT2D eigenvalue weighted by atomic mass is 19.1. The van der Waals surface area contributed by atoms with Crippen LogP contribution in [0.2, 0.25) is 0 Å². The van der Waals surface area contributed by atoms with E-state index in [0.29, 0.717) is 19.4 Å². The van der Waals surface area contributed by atoms with E-state index in [9.17, 15) is 14.3 Å². The molecule has 0 aliphatic rings. The summed E-state index contributed by atoms with van der Waals surface area (Å²) in [6.45, 7) is 3.63. The largest absolute Gasteiger partial charge is 0.389 e. The molecule has 18 heavy (non-hydrogen) atoms. The maximum Gasteiger partial charge on any atom is 0.222 e. The molecule has 0 bridgehead atoms. The highest BCUT2D eigenvalue weighted by Crippen LogP contribution is 2.08. The van der Waals surface area contributed by atoms with Crippen molar-refractivity contribution in [3.63, 3.8) is 0 Å². The monoisotopic (exact) mass is 253 g/mol. The third-order valence-electron chi connectivity index (χ3n) is 2.59. The van der Waals surface area contributed by atoms with E-state index in [2.05, 4.69) is 0 Å². The van der Waals surface area contributed by atoms with Gasteiger partial charge in [-0.15, -0.1) is 0 Å². The Hall–Kier alpha value is -1.42. The molecule has 1 N–H and O–H groups in total. The molecule has 1 aromatic carbocycles. The van der Waals surface area contributed by atoms with Crippen LogP contribution in [-0.4, -0.2) is 35.1 Å². The summed E-state index contributed by atoms with van der Waals surface area (Å²) in [5.74, 6) is -0.300. The molecular formula is C14H20FNO2. The van der Waals surface area contributed by atoms with Gasteiger partial charge in [-0.05, 0) is 38.0 Å². The minimum atomic E-state index is -0.889. The van der Waals surface area contributed by atoms with Gasteiger partial charge in [-0.2, -0.15) is 0 Å². The number of hydrogen-bond donors (Lipinski definition) is 1. The van der Waals surface area contributed by atoms with Crippen LogP contribution in [0.25, 0.3) is 0 Å². The van der Waals surface area contributed by atoms with Crippen molar-refractivity contribution in [1.82, 2.24) is 4.90 Å². The Labute approximate surface area is 107 Å². The molecule has 0 heterocycles. The normalized spacial score (nSPS) is 11.4. The lowest BCUT2D eigenvalue weighted by molar-refractivity contribution is -0.132. The van der Waals surface area contributed by atoms with E-state index in [-0.39, 0.29) is 11.7 Å². The van der Waals surface area contributed by atoms with E-state index >= 15 is 0 Å². The lowest BCUT2D eigenvalue weighted by Gasteiger charge is -2.25. The van der Waals surface area contributed by atoms with Gasteiger partial charge in [0.15, 0.2) is 0 Å². The quantitative estimate of drug-likeness (QED) is 0.871. The number of rotatable bonds is 5. The van der Waals surface area contributed by atoms with Gasteiger partial charge in [-0.1, -0.05) is 12.1 Å². The van der Waals surface area contributed by atoms with E-state index in [1.54, 1.807) is 33.0 Å². The van der Waals surface area contributed by atoms with Crippen molar-refractivity contribution in [2.24, 2.45) is 0 Å². The van der Waals surface area contributed by atoms with Crippen LogP contribution in [0.1, 0.15) is 25.8 Å². The molecule has 0 saturated carbocycles.